The average molecular weight is 338 g/mol. The molecule has 0 spiro atoms. The first-order valence-electron chi connectivity index (χ1n) is 6.60. The van der Waals surface area contributed by atoms with Crippen molar-refractivity contribution in [2.24, 2.45) is 0 Å². The summed E-state index contributed by atoms with van der Waals surface area (Å²) in [4.78, 5) is 0. The molecule has 0 bridgehead atoms. The van der Waals surface area contributed by atoms with Gasteiger partial charge in [0.2, 0.25) is 0 Å². The molecule has 0 unspecified atom stereocenters. The molecule has 0 aliphatic heterocycles. The molecule has 0 aromatic heterocycles. The molecule has 0 heterocycles. The van der Waals surface area contributed by atoms with Gasteiger partial charge in [-0.1, -0.05) is 0 Å². The molecular weight excluding hydrogens is 311 g/mol. The van der Waals surface area contributed by atoms with Gasteiger partial charge in [-0.05, 0) is 0 Å². The van der Waals surface area contributed by atoms with Crippen LogP contribution in [0.25, 0.3) is 0 Å². The van der Waals surface area contributed by atoms with Gasteiger partial charge in [0, 0.05) is 0 Å². The van der Waals surface area contributed by atoms with Gasteiger partial charge in [-0.3, -0.25) is 0 Å². The molecule has 16 heavy (non-hydrogen) atoms. The number of hydrogen-bond donors (Lipinski definition) is 0. The third-order valence-electron chi connectivity index (χ3n) is 2.15. The molecule has 0 radical (unpaired) electrons. The Morgan fingerprint density at radius 2 is 0.938 bits per heavy atom. The van der Waals surface area contributed by atoms with Crippen molar-refractivity contribution in [3.63, 3.8) is 0 Å². The average Bonchev–Trinajstić information content (AvgIpc) is 2.29. The summed E-state index contributed by atoms with van der Waals surface area (Å²) in [6.45, 7) is 8.93. The molecular formula is C12H27O3Sn+. The molecule has 96 valence electrons. The number of unbranched alkanes of at least 4 members (excludes halogenated alkanes) is 3. The van der Waals surface area contributed by atoms with Gasteiger partial charge in [0.25, 0.3) is 0 Å². The van der Waals surface area contributed by atoms with Gasteiger partial charge in [0.15, 0.2) is 0 Å². The Labute approximate surface area is 109 Å². The van der Waals surface area contributed by atoms with E-state index < -0.39 is 21.0 Å². The number of hydrogen-bond acceptors (Lipinski definition) is 3. The van der Waals surface area contributed by atoms with Crippen molar-refractivity contribution in [2.45, 2.75) is 59.3 Å². The van der Waals surface area contributed by atoms with Crippen LogP contribution in [0.5, 0.6) is 0 Å². The van der Waals surface area contributed by atoms with Crippen LogP contribution in [-0.2, 0) is 9.22 Å². The SMILES string of the molecule is CCCC[O][Sn+]([O]CCCC)[O]CCCC. The van der Waals surface area contributed by atoms with E-state index in [0.29, 0.717) is 0 Å². The Hall–Kier alpha value is 0.679. The van der Waals surface area contributed by atoms with Crippen LogP contribution in [-0.4, -0.2) is 40.8 Å². The second-order valence-electron chi connectivity index (χ2n) is 3.86. The Balaban J connectivity index is 3.58. The zero-order valence-corrected chi connectivity index (χ0v) is 13.9. The van der Waals surface area contributed by atoms with Crippen molar-refractivity contribution in [3.05, 3.63) is 0 Å². The summed E-state index contributed by atoms with van der Waals surface area (Å²) in [6, 6.07) is 0. The van der Waals surface area contributed by atoms with Gasteiger partial charge in [0.1, 0.15) is 0 Å². The molecule has 0 aliphatic carbocycles. The normalized spacial score (nSPS) is 10.7. The van der Waals surface area contributed by atoms with Gasteiger partial charge in [-0.15, -0.1) is 0 Å². The predicted molar refractivity (Wildman–Crippen MR) is 68.3 cm³/mol. The Bertz CT molecular complexity index is 110. The third kappa shape index (κ3) is 11.2. The van der Waals surface area contributed by atoms with Crippen LogP contribution in [0.1, 0.15) is 59.3 Å². The molecule has 0 saturated carbocycles. The molecule has 4 heteroatoms. The molecule has 0 aliphatic rings. The zero-order chi connectivity index (χ0) is 12.1. The van der Waals surface area contributed by atoms with Crippen molar-refractivity contribution >= 4 is 21.0 Å². The van der Waals surface area contributed by atoms with Gasteiger partial charge in [0.05, 0.1) is 0 Å². The van der Waals surface area contributed by atoms with Gasteiger partial charge in [-0.2, -0.15) is 0 Å². The van der Waals surface area contributed by atoms with Crippen molar-refractivity contribution in [3.8, 4) is 0 Å². The first-order chi connectivity index (χ1) is 7.85. The summed E-state index contributed by atoms with van der Waals surface area (Å²) < 4.78 is 17.2. The molecule has 0 N–H and O–H groups in total. The van der Waals surface area contributed by atoms with Crippen molar-refractivity contribution in [1.82, 2.24) is 0 Å². The van der Waals surface area contributed by atoms with E-state index in [4.69, 9.17) is 9.22 Å². The summed E-state index contributed by atoms with van der Waals surface area (Å²) in [6.07, 6.45) is 6.83. The minimum absolute atomic E-state index is 0.809. The molecule has 0 aromatic rings. The Kier molecular flexibility index (Phi) is 14.3. The molecule has 0 fully saturated rings. The quantitative estimate of drug-likeness (QED) is 0.403. The standard InChI is InChI=1S/3C4H9O.Sn/c3*1-2-3-4-5;/h3*2-4H2,1H3;/q3*-1;+4. The first-order valence-corrected chi connectivity index (χ1v) is 10.1. The van der Waals surface area contributed by atoms with Crippen LogP contribution < -0.4 is 0 Å². The van der Waals surface area contributed by atoms with E-state index in [0.717, 1.165) is 39.1 Å². The molecule has 0 atom stereocenters. The predicted octanol–water partition coefficient (Wildman–Crippen LogP) is 3.42. The van der Waals surface area contributed by atoms with Crippen LogP contribution in [0, 0.1) is 0 Å². The molecule has 0 saturated heterocycles. The summed E-state index contributed by atoms with van der Waals surface area (Å²) in [5.74, 6) is 0. The van der Waals surface area contributed by atoms with Crippen molar-refractivity contribution in [1.29, 1.82) is 0 Å². The fourth-order valence-corrected chi connectivity index (χ4v) is 4.40. The fraction of sp³-hybridized carbons (Fsp3) is 1.00. The van der Waals surface area contributed by atoms with E-state index in [1.165, 1.54) is 19.3 Å². The van der Waals surface area contributed by atoms with Crippen molar-refractivity contribution in [2.75, 3.05) is 19.8 Å². The second-order valence-corrected chi connectivity index (χ2v) is 7.75. The van der Waals surface area contributed by atoms with Gasteiger partial charge in [-0.25, -0.2) is 0 Å². The van der Waals surface area contributed by atoms with Crippen LogP contribution in [0.4, 0.5) is 0 Å². The summed E-state index contributed by atoms with van der Waals surface area (Å²) in [7, 11) is 0. The Morgan fingerprint density at radius 3 is 1.19 bits per heavy atom. The second kappa shape index (κ2) is 13.7. The Morgan fingerprint density at radius 1 is 0.625 bits per heavy atom. The van der Waals surface area contributed by atoms with E-state index >= 15 is 0 Å². The summed E-state index contributed by atoms with van der Waals surface area (Å²) >= 11 is -2.40. The summed E-state index contributed by atoms with van der Waals surface area (Å²) in [5, 5.41) is 0. The molecule has 0 amide bonds. The van der Waals surface area contributed by atoms with E-state index in [1.54, 1.807) is 0 Å². The van der Waals surface area contributed by atoms with Crippen LogP contribution in [0.15, 0.2) is 0 Å². The van der Waals surface area contributed by atoms with E-state index in [9.17, 15) is 0 Å². The summed E-state index contributed by atoms with van der Waals surface area (Å²) in [5.41, 5.74) is 0. The van der Waals surface area contributed by atoms with Crippen LogP contribution >= 0.6 is 0 Å². The molecule has 0 rings (SSSR count). The van der Waals surface area contributed by atoms with Crippen LogP contribution in [0.2, 0.25) is 0 Å². The van der Waals surface area contributed by atoms with E-state index in [-0.39, 0.29) is 0 Å². The third-order valence-corrected chi connectivity index (χ3v) is 5.92. The number of rotatable bonds is 12. The minimum atomic E-state index is -2.40. The first kappa shape index (κ1) is 16.7. The van der Waals surface area contributed by atoms with Gasteiger partial charge < -0.3 is 0 Å². The fourth-order valence-electron chi connectivity index (χ4n) is 1.02. The molecule has 3 nitrogen and oxygen atoms in total. The monoisotopic (exact) mass is 339 g/mol. The van der Waals surface area contributed by atoms with Crippen molar-refractivity contribution < 1.29 is 9.22 Å². The molecule has 0 aromatic carbocycles. The maximum absolute atomic E-state index is 5.73. The maximum atomic E-state index is 5.73. The van der Waals surface area contributed by atoms with Gasteiger partial charge >= 0.3 is 109 Å². The van der Waals surface area contributed by atoms with E-state index in [1.807, 2.05) is 0 Å². The van der Waals surface area contributed by atoms with E-state index in [2.05, 4.69) is 20.8 Å². The van der Waals surface area contributed by atoms with Crippen LogP contribution in [0.3, 0.4) is 0 Å². The topological polar surface area (TPSA) is 27.7 Å². The zero-order valence-electron chi connectivity index (χ0n) is 11.1.